The van der Waals surface area contributed by atoms with Crippen LogP contribution in [0.4, 0.5) is 5.69 Å². The zero-order valence-electron chi connectivity index (χ0n) is 12.1. The molecule has 0 N–H and O–H groups in total. The lowest BCUT2D eigenvalue weighted by atomic mass is 10.0. The number of rotatable bonds is 2. The summed E-state index contributed by atoms with van der Waals surface area (Å²) in [6, 6.07) is 19.0. The van der Waals surface area contributed by atoms with Gasteiger partial charge in [-0.3, -0.25) is 0 Å². The van der Waals surface area contributed by atoms with Gasteiger partial charge in [-0.05, 0) is 36.8 Å². The molecule has 0 unspecified atom stereocenters. The van der Waals surface area contributed by atoms with Gasteiger partial charge in [0.25, 0.3) is 0 Å². The minimum atomic E-state index is 1.03. The Balaban J connectivity index is 2.10. The predicted octanol–water partition coefficient (Wildman–Crippen LogP) is 4.28. The Hall–Kier alpha value is -2.35. The second-order valence-electron chi connectivity index (χ2n) is 5.28. The fourth-order valence-electron chi connectivity index (χ4n) is 2.43. The molecule has 0 saturated heterocycles. The Bertz CT molecular complexity index is 743. The Morgan fingerprint density at radius 3 is 2.30 bits per heavy atom. The summed E-state index contributed by atoms with van der Waals surface area (Å²) in [5, 5.41) is 1.22. The Morgan fingerprint density at radius 1 is 0.900 bits per heavy atom. The van der Waals surface area contributed by atoms with Crippen LogP contribution in [0.2, 0.25) is 0 Å². The summed E-state index contributed by atoms with van der Waals surface area (Å²) in [5.41, 5.74) is 5.71. The third-order valence-electron chi connectivity index (χ3n) is 3.60. The van der Waals surface area contributed by atoms with Crippen molar-refractivity contribution in [3.05, 3.63) is 60.2 Å². The number of anilines is 1. The number of nitrogens with zero attached hydrogens (tertiary/aromatic N) is 2. The first-order valence-corrected chi connectivity index (χ1v) is 6.79. The molecule has 1 heterocycles. The van der Waals surface area contributed by atoms with Crippen LogP contribution in [0.25, 0.3) is 22.2 Å². The molecule has 0 bridgehead atoms. The van der Waals surface area contributed by atoms with Crippen LogP contribution < -0.4 is 4.90 Å². The van der Waals surface area contributed by atoms with E-state index in [-0.39, 0.29) is 0 Å². The zero-order valence-corrected chi connectivity index (χ0v) is 12.1. The zero-order chi connectivity index (χ0) is 14.1. The number of aryl methyl sites for hydroxylation is 1. The van der Waals surface area contributed by atoms with Crippen molar-refractivity contribution >= 4 is 16.6 Å². The molecule has 0 amide bonds. The summed E-state index contributed by atoms with van der Waals surface area (Å²) < 4.78 is 0. The van der Waals surface area contributed by atoms with Crippen molar-refractivity contribution in [1.82, 2.24) is 4.98 Å². The van der Waals surface area contributed by atoms with E-state index < -0.39 is 0 Å². The van der Waals surface area contributed by atoms with Crippen molar-refractivity contribution < 1.29 is 0 Å². The van der Waals surface area contributed by atoms with Gasteiger partial charge in [0.1, 0.15) is 0 Å². The maximum absolute atomic E-state index is 4.77. The lowest BCUT2D eigenvalue weighted by molar-refractivity contribution is 1.13. The molecule has 100 valence electrons. The highest BCUT2D eigenvalue weighted by Crippen LogP contribution is 2.25. The molecule has 0 radical (unpaired) electrons. The number of benzene rings is 2. The van der Waals surface area contributed by atoms with Gasteiger partial charge in [-0.1, -0.05) is 30.3 Å². The molecule has 0 aliphatic carbocycles. The van der Waals surface area contributed by atoms with Crippen LogP contribution in [0, 0.1) is 6.92 Å². The van der Waals surface area contributed by atoms with Gasteiger partial charge in [-0.15, -0.1) is 0 Å². The van der Waals surface area contributed by atoms with Gasteiger partial charge in [0, 0.05) is 30.7 Å². The van der Waals surface area contributed by atoms with Gasteiger partial charge in [0.2, 0.25) is 0 Å². The summed E-state index contributed by atoms with van der Waals surface area (Å²) in [5.74, 6) is 0. The molecular weight excluding hydrogens is 244 g/mol. The summed E-state index contributed by atoms with van der Waals surface area (Å²) >= 11 is 0. The monoisotopic (exact) mass is 262 g/mol. The van der Waals surface area contributed by atoms with E-state index in [2.05, 4.69) is 60.4 Å². The molecular formula is C18H18N2. The SMILES string of the molecule is Cc1cc(-c2ccc(N(C)C)cc2)nc2ccccc12. The van der Waals surface area contributed by atoms with E-state index in [1.165, 1.54) is 16.6 Å². The first kappa shape index (κ1) is 12.7. The smallest absolute Gasteiger partial charge is 0.0712 e. The van der Waals surface area contributed by atoms with Gasteiger partial charge < -0.3 is 4.90 Å². The van der Waals surface area contributed by atoms with Gasteiger partial charge in [-0.2, -0.15) is 0 Å². The molecule has 20 heavy (non-hydrogen) atoms. The van der Waals surface area contributed by atoms with Crippen molar-refractivity contribution in [2.45, 2.75) is 6.92 Å². The van der Waals surface area contributed by atoms with Gasteiger partial charge in [0.15, 0.2) is 0 Å². The minimum absolute atomic E-state index is 1.03. The van der Waals surface area contributed by atoms with E-state index in [1.807, 2.05) is 20.2 Å². The molecule has 2 aromatic carbocycles. The fourth-order valence-corrected chi connectivity index (χ4v) is 2.43. The maximum atomic E-state index is 4.77. The Morgan fingerprint density at radius 2 is 1.60 bits per heavy atom. The van der Waals surface area contributed by atoms with Crippen LogP contribution in [-0.4, -0.2) is 19.1 Å². The number of hydrogen-bond donors (Lipinski definition) is 0. The molecule has 3 aromatic rings. The first-order chi connectivity index (χ1) is 9.65. The van der Waals surface area contributed by atoms with Crippen LogP contribution in [0.15, 0.2) is 54.6 Å². The number of hydrogen-bond acceptors (Lipinski definition) is 2. The van der Waals surface area contributed by atoms with Crippen LogP contribution in [0.3, 0.4) is 0 Å². The second kappa shape index (κ2) is 4.97. The molecule has 0 aliphatic rings. The molecule has 0 aliphatic heterocycles. The van der Waals surface area contributed by atoms with Crippen molar-refractivity contribution in [3.8, 4) is 11.3 Å². The Kier molecular flexibility index (Phi) is 3.15. The van der Waals surface area contributed by atoms with Crippen LogP contribution in [0.5, 0.6) is 0 Å². The van der Waals surface area contributed by atoms with Crippen LogP contribution in [0.1, 0.15) is 5.56 Å². The number of pyridine rings is 1. The first-order valence-electron chi connectivity index (χ1n) is 6.79. The molecule has 3 rings (SSSR count). The average Bonchev–Trinajstić information content (AvgIpc) is 2.47. The molecule has 2 heteroatoms. The maximum Gasteiger partial charge on any atom is 0.0712 e. The third-order valence-corrected chi connectivity index (χ3v) is 3.60. The molecule has 0 atom stereocenters. The molecule has 0 spiro atoms. The van der Waals surface area contributed by atoms with Gasteiger partial charge in [-0.25, -0.2) is 4.98 Å². The number of aromatic nitrogens is 1. The quantitative estimate of drug-likeness (QED) is 0.685. The number of fused-ring (bicyclic) bond motifs is 1. The van der Waals surface area contributed by atoms with Crippen LogP contribution in [-0.2, 0) is 0 Å². The highest BCUT2D eigenvalue weighted by molar-refractivity contribution is 5.85. The van der Waals surface area contributed by atoms with E-state index in [9.17, 15) is 0 Å². The molecule has 2 nitrogen and oxygen atoms in total. The van der Waals surface area contributed by atoms with Gasteiger partial charge in [0.05, 0.1) is 11.2 Å². The van der Waals surface area contributed by atoms with E-state index in [0.717, 1.165) is 16.8 Å². The van der Waals surface area contributed by atoms with Crippen molar-refractivity contribution in [2.75, 3.05) is 19.0 Å². The summed E-state index contributed by atoms with van der Waals surface area (Å²) in [4.78, 5) is 6.87. The summed E-state index contributed by atoms with van der Waals surface area (Å²) in [7, 11) is 4.10. The predicted molar refractivity (Wildman–Crippen MR) is 86.2 cm³/mol. The highest BCUT2D eigenvalue weighted by Gasteiger charge is 2.05. The molecule has 1 aromatic heterocycles. The fraction of sp³-hybridized carbons (Fsp3) is 0.167. The third kappa shape index (κ3) is 2.25. The largest absolute Gasteiger partial charge is 0.378 e. The lowest BCUT2D eigenvalue weighted by Gasteiger charge is -2.13. The molecule has 0 fully saturated rings. The van der Waals surface area contributed by atoms with Crippen LogP contribution >= 0.6 is 0 Å². The lowest BCUT2D eigenvalue weighted by Crippen LogP contribution is -2.07. The van der Waals surface area contributed by atoms with E-state index >= 15 is 0 Å². The van der Waals surface area contributed by atoms with E-state index in [4.69, 9.17) is 4.98 Å². The van der Waals surface area contributed by atoms with Crippen molar-refractivity contribution in [3.63, 3.8) is 0 Å². The number of para-hydroxylation sites is 1. The average molecular weight is 262 g/mol. The van der Waals surface area contributed by atoms with Crippen molar-refractivity contribution in [1.29, 1.82) is 0 Å². The normalized spacial score (nSPS) is 10.8. The molecule has 0 saturated carbocycles. The van der Waals surface area contributed by atoms with E-state index in [1.54, 1.807) is 0 Å². The Labute approximate surface area is 119 Å². The topological polar surface area (TPSA) is 16.1 Å². The van der Waals surface area contributed by atoms with Crippen molar-refractivity contribution in [2.24, 2.45) is 0 Å². The van der Waals surface area contributed by atoms with Gasteiger partial charge >= 0.3 is 0 Å². The van der Waals surface area contributed by atoms with E-state index in [0.29, 0.717) is 0 Å². The standard InChI is InChI=1S/C18H18N2/c1-13-12-18(19-17-7-5-4-6-16(13)17)14-8-10-15(11-9-14)20(2)3/h4-12H,1-3H3. The summed E-state index contributed by atoms with van der Waals surface area (Å²) in [6.07, 6.45) is 0. The summed E-state index contributed by atoms with van der Waals surface area (Å²) in [6.45, 7) is 2.14. The highest BCUT2D eigenvalue weighted by atomic mass is 15.1. The minimum Gasteiger partial charge on any atom is -0.378 e. The second-order valence-corrected chi connectivity index (χ2v) is 5.28.